The average Bonchev–Trinajstić information content (AvgIpc) is 3.35. The number of furan rings is 1. The van der Waals surface area contributed by atoms with Gasteiger partial charge in [0.1, 0.15) is 11.7 Å². The van der Waals surface area contributed by atoms with Crippen LogP contribution in [0.2, 0.25) is 5.02 Å². The smallest absolute Gasteiger partial charge is 0.411 e. The molecule has 3 fully saturated rings. The van der Waals surface area contributed by atoms with E-state index in [4.69, 9.17) is 30.2 Å². The number of ether oxygens (including phenoxy) is 3. The predicted octanol–water partition coefficient (Wildman–Crippen LogP) is 7.73. The molecule has 49 heavy (non-hydrogen) atoms. The fourth-order valence-electron chi connectivity index (χ4n) is 10.2. The minimum atomic E-state index is -1.17. The fraction of sp³-hybridized carbons (Fsp3) is 0.526. The van der Waals surface area contributed by atoms with Crippen LogP contribution >= 0.6 is 11.6 Å². The molecule has 8 atom stereocenters. The second-order valence-corrected chi connectivity index (χ2v) is 15.8. The van der Waals surface area contributed by atoms with Gasteiger partial charge in [0.15, 0.2) is 11.5 Å². The van der Waals surface area contributed by atoms with Gasteiger partial charge in [-0.2, -0.15) is 0 Å². The van der Waals surface area contributed by atoms with Crippen molar-refractivity contribution in [1.29, 1.82) is 0 Å². The first-order valence-electron chi connectivity index (χ1n) is 16.7. The number of fused-ring (bicyclic) bond motifs is 3. The van der Waals surface area contributed by atoms with Crippen molar-refractivity contribution in [1.82, 2.24) is 0 Å². The molecular formula is C38H44ClNO9. The highest BCUT2D eigenvalue weighted by atomic mass is 35.5. The maximum Gasteiger partial charge on any atom is 0.411 e. The number of ketones is 2. The summed E-state index contributed by atoms with van der Waals surface area (Å²) in [6.45, 7) is 14.4. The van der Waals surface area contributed by atoms with E-state index in [1.54, 1.807) is 76.6 Å². The Bertz CT molecular complexity index is 1780. The summed E-state index contributed by atoms with van der Waals surface area (Å²) >= 11 is 5.74. The summed E-state index contributed by atoms with van der Waals surface area (Å²) in [6.07, 6.45) is 6.57. The van der Waals surface area contributed by atoms with Crippen LogP contribution < -0.4 is 5.32 Å². The van der Waals surface area contributed by atoms with Crippen LogP contribution in [0.15, 0.2) is 70.8 Å². The molecule has 1 saturated heterocycles. The van der Waals surface area contributed by atoms with E-state index in [0.29, 0.717) is 29.1 Å². The zero-order valence-electron chi connectivity index (χ0n) is 29.1. The van der Waals surface area contributed by atoms with Gasteiger partial charge in [-0.25, -0.2) is 4.79 Å². The highest BCUT2D eigenvalue weighted by molar-refractivity contribution is 6.30. The number of amides is 1. The molecule has 1 amide bonds. The van der Waals surface area contributed by atoms with Gasteiger partial charge in [0, 0.05) is 34.4 Å². The maximum absolute atomic E-state index is 14.3. The summed E-state index contributed by atoms with van der Waals surface area (Å²) in [5, 5.41) is 14.7. The predicted molar refractivity (Wildman–Crippen MR) is 181 cm³/mol. The van der Waals surface area contributed by atoms with Gasteiger partial charge in [0.05, 0.1) is 35.6 Å². The molecule has 1 aliphatic heterocycles. The molecule has 1 aromatic carbocycles. The number of benzene rings is 1. The molecule has 10 nitrogen and oxygen atoms in total. The highest BCUT2D eigenvalue weighted by Gasteiger charge is 2.89. The summed E-state index contributed by atoms with van der Waals surface area (Å²) in [7, 11) is 0. The van der Waals surface area contributed by atoms with Gasteiger partial charge < -0.3 is 23.7 Å². The highest BCUT2D eigenvalue weighted by Crippen LogP contribution is 2.81. The number of nitrogens with one attached hydrogen (secondary N) is 1. The first kappa shape index (κ1) is 35.0. The third-order valence-corrected chi connectivity index (χ3v) is 12.0. The van der Waals surface area contributed by atoms with Crippen molar-refractivity contribution in [2.75, 3.05) is 5.32 Å². The Labute approximate surface area is 291 Å². The molecule has 0 bridgehead atoms. The molecule has 11 heteroatoms. The fourth-order valence-corrected chi connectivity index (χ4v) is 10.3. The van der Waals surface area contributed by atoms with Crippen LogP contribution in [0, 0.1) is 27.6 Å². The Morgan fingerprint density at radius 3 is 2.43 bits per heavy atom. The Hall–Kier alpha value is -3.89. The molecule has 1 spiro atoms. The number of aliphatic hydroxyl groups excluding tert-OH is 1. The van der Waals surface area contributed by atoms with Gasteiger partial charge in [-0.3, -0.25) is 19.7 Å². The van der Waals surface area contributed by atoms with Gasteiger partial charge in [-0.1, -0.05) is 37.6 Å². The molecule has 2 heterocycles. The number of carbonyl (C=O) groups is 4. The molecule has 2 saturated carbocycles. The third kappa shape index (κ3) is 5.00. The largest absolute Gasteiger partial charge is 0.504 e. The van der Waals surface area contributed by atoms with E-state index in [1.807, 2.05) is 19.9 Å². The second-order valence-electron chi connectivity index (χ2n) is 15.4. The van der Waals surface area contributed by atoms with Crippen molar-refractivity contribution in [3.05, 3.63) is 76.9 Å². The van der Waals surface area contributed by atoms with E-state index in [2.05, 4.69) is 12.2 Å². The lowest BCUT2D eigenvalue weighted by molar-refractivity contribution is -0.200. The monoisotopic (exact) mass is 693 g/mol. The third-order valence-electron chi connectivity index (χ3n) is 11.8. The summed E-state index contributed by atoms with van der Waals surface area (Å²) in [5.41, 5.74) is -2.43. The van der Waals surface area contributed by atoms with Gasteiger partial charge in [0.25, 0.3) is 0 Å². The van der Waals surface area contributed by atoms with E-state index in [-0.39, 0.29) is 29.7 Å². The Kier molecular flexibility index (Phi) is 8.27. The van der Waals surface area contributed by atoms with Crippen molar-refractivity contribution in [3.63, 3.8) is 0 Å². The van der Waals surface area contributed by atoms with Gasteiger partial charge >= 0.3 is 12.1 Å². The topological polar surface area (TPSA) is 145 Å². The number of halogens is 1. The van der Waals surface area contributed by atoms with Crippen LogP contribution in [0.4, 0.5) is 10.5 Å². The average molecular weight is 694 g/mol. The van der Waals surface area contributed by atoms with Crippen LogP contribution in [0.5, 0.6) is 0 Å². The maximum atomic E-state index is 14.3. The number of allylic oxidation sites excluding steroid dienone is 4. The molecule has 8 unspecified atom stereocenters. The lowest BCUT2D eigenvalue weighted by Gasteiger charge is -2.64. The van der Waals surface area contributed by atoms with Gasteiger partial charge in [-0.05, 0) is 94.9 Å². The first-order valence-corrected chi connectivity index (χ1v) is 17.1. The van der Waals surface area contributed by atoms with Crippen LogP contribution in [0.25, 0.3) is 0 Å². The lowest BCUT2D eigenvalue weighted by atomic mass is 9.38. The number of rotatable bonds is 4. The standard InChI is InChI=1S/C28H32O7.C10H12ClNO2/c1-14(29)34-17-12-26(5)16(15-8-10-33-13-15)11-19-28(26,35-19)27(6)21(17)25(4)9-7-18(30)24(2,3)22(25)20(31)23(27)32;1-7(2)14-10(13)12-9-5-3-4-8(11)6-9/h7-10,13,16-17,19,21,31H,11-12H2,1-6H3;3-7H,1-2H3,(H,12,13). The molecule has 4 aliphatic carbocycles. The normalized spacial score (nSPS) is 36.4. The molecule has 0 radical (unpaired) electrons. The minimum absolute atomic E-state index is 0.0453. The number of Topliss-reactive ketones (excluding diaryl/α,β-unsaturated/α-hetero) is 1. The lowest BCUT2D eigenvalue weighted by Crippen LogP contribution is -2.70. The second kappa shape index (κ2) is 11.6. The molecule has 2 N–H and O–H groups in total. The van der Waals surface area contributed by atoms with Crippen molar-refractivity contribution in [3.8, 4) is 0 Å². The Balaban J connectivity index is 0.000000251. The van der Waals surface area contributed by atoms with Crippen LogP contribution in [-0.4, -0.2) is 52.6 Å². The van der Waals surface area contributed by atoms with E-state index in [9.17, 15) is 24.3 Å². The molecule has 7 rings (SSSR count). The first-order chi connectivity index (χ1) is 22.8. The summed E-state index contributed by atoms with van der Waals surface area (Å²) in [4.78, 5) is 50.8. The zero-order chi connectivity index (χ0) is 35.9. The van der Waals surface area contributed by atoms with Crippen molar-refractivity contribution in [2.45, 2.75) is 98.1 Å². The van der Waals surface area contributed by atoms with Crippen molar-refractivity contribution < 1.29 is 42.9 Å². The number of epoxide rings is 1. The minimum Gasteiger partial charge on any atom is -0.504 e. The van der Waals surface area contributed by atoms with Crippen LogP contribution in [0.3, 0.4) is 0 Å². The quantitative estimate of drug-likeness (QED) is 0.243. The van der Waals surface area contributed by atoms with Gasteiger partial charge in [0.2, 0.25) is 5.78 Å². The van der Waals surface area contributed by atoms with Gasteiger partial charge in [-0.15, -0.1) is 0 Å². The molecule has 2 aromatic rings. The molecule has 262 valence electrons. The van der Waals surface area contributed by atoms with E-state index in [0.717, 1.165) is 5.56 Å². The Morgan fingerprint density at radius 1 is 1.10 bits per heavy atom. The zero-order valence-corrected chi connectivity index (χ0v) is 29.8. The van der Waals surface area contributed by atoms with Crippen molar-refractivity contribution in [2.24, 2.45) is 27.6 Å². The van der Waals surface area contributed by atoms with E-state index >= 15 is 0 Å². The number of aliphatic hydroxyl groups is 1. The number of carbonyl (C=O) groups excluding carboxylic acids is 4. The number of hydrogen-bond donors (Lipinski definition) is 2. The summed E-state index contributed by atoms with van der Waals surface area (Å²) in [5.74, 6) is -1.84. The van der Waals surface area contributed by atoms with Crippen LogP contribution in [-0.2, 0) is 28.6 Å². The SMILES string of the molecule is CC(=O)OC1CC2(C)C(c3ccoc3)CC3OC32C2(C)C(=O)C(O)=C3C(C)(C)C(=O)C=CC3(C)C12.CC(C)OC(=O)Nc1cccc(Cl)c1. The summed E-state index contributed by atoms with van der Waals surface area (Å²) < 4.78 is 22.8. The van der Waals surface area contributed by atoms with Crippen molar-refractivity contribution >= 4 is 40.9 Å². The van der Waals surface area contributed by atoms with E-state index in [1.165, 1.54) is 6.92 Å². The molecular weight excluding hydrogens is 650 g/mol. The summed E-state index contributed by atoms with van der Waals surface area (Å²) in [6, 6.07) is 8.84. The number of hydrogen-bond acceptors (Lipinski definition) is 9. The molecule has 5 aliphatic rings. The van der Waals surface area contributed by atoms with E-state index < -0.39 is 57.1 Å². The Morgan fingerprint density at radius 2 is 1.82 bits per heavy atom. The number of esters is 1. The molecule has 1 aromatic heterocycles. The van der Waals surface area contributed by atoms with Crippen LogP contribution in [0.1, 0.15) is 79.7 Å². The number of anilines is 1.